The van der Waals surface area contributed by atoms with Gasteiger partial charge in [-0.1, -0.05) is 12.1 Å². The summed E-state index contributed by atoms with van der Waals surface area (Å²) in [7, 11) is 1.65. The molecule has 2 aromatic rings. The Kier molecular flexibility index (Phi) is 5.58. The highest BCUT2D eigenvalue weighted by atomic mass is 19.1. The molecule has 0 saturated heterocycles. The molecule has 0 aromatic heterocycles. The molecule has 0 spiro atoms. The van der Waals surface area contributed by atoms with Crippen LogP contribution >= 0.6 is 0 Å². The summed E-state index contributed by atoms with van der Waals surface area (Å²) in [6, 6.07) is 14.5. The molecule has 2 rings (SSSR count). The van der Waals surface area contributed by atoms with Crippen LogP contribution in [-0.4, -0.2) is 20.2 Å². The SMILES string of the molecule is COc1ccc(N(CCCN)Cc2ccc(F)cc2)cc1. The van der Waals surface area contributed by atoms with Gasteiger partial charge in [-0.2, -0.15) is 0 Å². The third kappa shape index (κ3) is 4.46. The molecule has 0 heterocycles. The van der Waals surface area contributed by atoms with Gasteiger partial charge in [0, 0.05) is 18.8 Å². The Morgan fingerprint density at radius 2 is 1.71 bits per heavy atom. The number of nitrogens with zero attached hydrogens (tertiary/aromatic N) is 1. The van der Waals surface area contributed by atoms with Crippen LogP contribution in [0.1, 0.15) is 12.0 Å². The van der Waals surface area contributed by atoms with E-state index in [4.69, 9.17) is 10.5 Å². The lowest BCUT2D eigenvalue weighted by Crippen LogP contribution is -2.25. The van der Waals surface area contributed by atoms with Crippen molar-refractivity contribution in [2.24, 2.45) is 5.73 Å². The number of benzene rings is 2. The molecule has 0 aliphatic carbocycles. The van der Waals surface area contributed by atoms with Crippen molar-refractivity contribution in [1.82, 2.24) is 0 Å². The molecule has 0 fully saturated rings. The first-order chi connectivity index (χ1) is 10.2. The molecule has 0 aliphatic rings. The Bertz CT molecular complexity index is 540. The lowest BCUT2D eigenvalue weighted by Gasteiger charge is -2.25. The molecule has 3 nitrogen and oxygen atoms in total. The standard InChI is InChI=1S/C17H21FN2O/c1-21-17-9-7-16(8-10-17)20(12-2-11-19)13-14-3-5-15(18)6-4-14/h3-10H,2,11-13,19H2,1H3. The summed E-state index contributed by atoms with van der Waals surface area (Å²) in [5.74, 6) is 0.621. The monoisotopic (exact) mass is 288 g/mol. The molecule has 0 aliphatic heterocycles. The van der Waals surface area contributed by atoms with Crippen LogP contribution in [0.25, 0.3) is 0 Å². The Labute approximate surface area is 125 Å². The van der Waals surface area contributed by atoms with E-state index in [1.807, 2.05) is 36.4 Å². The van der Waals surface area contributed by atoms with Gasteiger partial charge in [-0.05, 0) is 54.9 Å². The van der Waals surface area contributed by atoms with Crippen molar-refractivity contribution in [1.29, 1.82) is 0 Å². The molecule has 0 amide bonds. The van der Waals surface area contributed by atoms with Crippen molar-refractivity contribution >= 4 is 5.69 Å². The number of halogens is 1. The number of nitrogens with two attached hydrogens (primary N) is 1. The van der Waals surface area contributed by atoms with E-state index in [2.05, 4.69) is 4.90 Å². The number of methoxy groups -OCH3 is 1. The van der Waals surface area contributed by atoms with Gasteiger partial charge in [0.1, 0.15) is 11.6 Å². The van der Waals surface area contributed by atoms with Crippen molar-refractivity contribution < 1.29 is 9.13 Å². The van der Waals surface area contributed by atoms with Crippen molar-refractivity contribution in [3.63, 3.8) is 0 Å². The fourth-order valence-electron chi connectivity index (χ4n) is 2.18. The zero-order valence-electron chi connectivity index (χ0n) is 12.3. The second kappa shape index (κ2) is 7.64. The molecule has 2 aromatic carbocycles. The van der Waals surface area contributed by atoms with E-state index in [1.54, 1.807) is 7.11 Å². The zero-order chi connectivity index (χ0) is 15.1. The van der Waals surface area contributed by atoms with E-state index in [1.165, 1.54) is 12.1 Å². The molecule has 0 bridgehead atoms. The van der Waals surface area contributed by atoms with E-state index in [-0.39, 0.29) is 5.82 Å². The highest BCUT2D eigenvalue weighted by molar-refractivity contribution is 5.49. The van der Waals surface area contributed by atoms with E-state index in [0.717, 1.165) is 36.5 Å². The van der Waals surface area contributed by atoms with Crippen LogP contribution < -0.4 is 15.4 Å². The number of anilines is 1. The molecule has 2 N–H and O–H groups in total. The minimum Gasteiger partial charge on any atom is -0.497 e. The Balaban J connectivity index is 2.14. The highest BCUT2D eigenvalue weighted by Crippen LogP contribution is 2.21. The minimum absolute atomic E-state index is 0.211. The summed E-state index contributed by atoms with van der Waals surface area (Å²) in [4.78, 5) is 2.24. The average Bonchev–Trinajstić information content (AvgIpc) is 2.53. The molecule has 0 radical (unpaired) electrons. The molecule has 4 heteroatoms. The number of hydrogen-bond donors (Lipinski definition) is 1. The summed E-state index contributed by atoms with van der Waals surface area (Å²) >= 11 is 0. The maximum atomic E-state index is 13.0. The molecule has 0 atom stereocenters. The summed E-state index contributed by atoms with van der Waals surface area (Å²) < 4.78 is 18.2. The van der Waals surface area contributed by atoms with Gasteiger partial charge in [0.25, 0.3) is 0 Å². The first kappa shape index (κ1) is 15.3. The highest BCUT2D eigenvalue weighted by Gasteiger charge is 2.07. The largest absolute Gasteiger partial charge is 0.497 e. The fourth-order valence-corrected chi connectivity index (χ4v) is 2.18. The van der Waals surface area contributed by atoms with Crippen molar-refractivity contribution in [2.75, 3.05) is 25.1 Å². The van der Waals surface area contributed by atoms with E-state index >= 15 is 0 Å². The van der Waals surface area contributed by atoms with Crippen molar-refractivity contribution in [3.05, 3.63) is 59.9 Å². The number of ether oxygens (including phenoxy) is 1. The van der Waals surface area contributed by atoms with Gasteiger partial charge < -0.3 is 15.4 Å². The van der Waals surface area contributed by atoms with Gasteiger partial charge in [0.2, 0.25) is 0 Å². The van der Waals surface area contributed by atoms with Gasteiger partial charge in [0.15, 0.2) is 0 Å². The quantitative estimate of drug-likeness (QED) is 0.850. The molecular weight excluding hydrogens is 267 g/mol. The van der Waals surface area contributed by atoms with E-state index in [9.17, 15) is 4.39 Å². The smallest absolute Gasteiger partial charge is 0.123 e. The van der Waals surface area contributed by atoms with Crippen LogP contribution in [0, 0.1) is 5.82 Å². The lowest BCUT2D eigenvalue weighted by molar-refractivity contribution is 0.415. The molecule has 0 saturated carbocycles. The average molecular weight is 288 g/mol. The first-order valence-electron chi connectivity index (χ1n) is 7.06. The van der Waals surface area contributed by atoms with E-state index < -0.39 is 0 Å². The van der Waals surface area contributed by atoms with Crippen LogP contribution in [0.2, 0.25) is 0 Å². The molecule has 21 heavy (non-hydrogen) atoms. The maximum Gasteiger partial charge on any atom is 0.123 e. The molecule has 112 valence electrons. The molecule has 0 unspecified atom stereocenters. The Morgan fingerprint density at radius 3 is 2.29 bits per heavy atom. The maximum absolute atomic E-state index is 13.0. The molecular formula is C17H21FN2O. The number of hydrogen-bond acceptors (Lipinski definition) is 3. The predicted molar refractivity (Wildman–Crippen MR) is 84.1 cm³/mol. The van der Waals surface area contributed by atoms with Gasteiger partial charge in [-0.3, -0.25) is 0 Å². The summed E-state index contributed by atoms with van der Waals surface area (Å²) in [5, 5.41) is 0. The lowest BCUT2D eigenvalue weighted by atomic mass is 10.2. The second-order valence-electron chi connectivity index (χ2n) is 4.89. The zero-order valence-corrected chi connectivity index (χ0v) is 12.3. The summed E-state index contributed by atoms with van der Waals surface area (Å²) in [6.45, 7) is 2.24. The van der Waals surface area contributed by atoms with Gasteiger partial charge in [-0.15, -0.1) is 0 Å². The van der Waals surface area contributed by atoms with Crippen LogP contribution in [-0.2, 0) is 6.54 Å². The van der Waals surface area contributed by atoms with Gasteiger partial charge >= 0.3 is 0 Å². The number of rotatable bonds is 7. The van der Waals surface area contributed by atoms with Gasteiger partial charge in [-0.25, -0.2) is 4.39 Å². The topological polar surface area (TPSA) is 38.5 Å². The predicted octanol–water partition coefficient (Wildman–Crippen LogP) is 3.19. The Hall–Kier alpha value is -2.07. The van der Waals surface area contributed by atoms with Crippen molar-refractivity contribution in [3.8, 4) is 5.75 Å². The minimum atomic E-state index is -0.211. The first-order valence-corrected chi connectivity index (χ1v) is 7.06. The Morgan fingerprint density at radius 1 is 1.05 bits per heavy atom. The summed E-state index contributed by atoms with van der Waals surface area (Å²) in [6.07, 6.45) is 0.910. The fraction of sp³-hybridized carbons (Fsp3) is 0.294. The van der Waals surface area contributed by atoms with Crippen LogP contribution in [0.3, 0.4) is 0 Å². The van der Waals surface area contributed by atoms with Crippen LogP contribution in [0.15, 0.2) is 48.5 Å². The van der Waals surface area contributed by atoms with Crippen molar-refractivity contribution in [2.45, 2.75) is 13.0 Å². The summed E-state index contributed by atoms with van der Waals surface area (Å²) in [5.41, 5.74) is 7.80. The third-order valence-electron chi connectivity index (χ3n) is 3.36. The van der Waals surface area contributed by atoms with Crippen LogP contribution in [0.4, 0.5) is 10.1 Å². The van der Waals surface area contributed by atoms with Crippen LogP contribution in [0.5, 0.6) is 5.75 Å². The normalized spacial score (nSPS) is 10.4. The third-order valence-corrected chi connectivity index (χ3v) is 3.36. The van der Waals surface area contributed by atoms with Gasteiger partial charge in [0.05, 0.1) is 7.11 Å². The van der Waals surface area contributed by atoms with E-state index in [0.29, 0.717) is 6.54 Å². The second-order valence-corrected chi connectivity index (χ2v) is 4.89.